The first kappa shape index (κ1) is 71.7. The minimum absolute atomic E-state index is 0.0272. The third-order valence-corrected chi connectivity index (χ3v) is 12.9. The van der Waals surface area contributed by atoms with E-state index in [1.807, 2.05) is 27.7 Å². The summed E-state index contributed by atoms with van der Waals surface area (Å²) in [6.45, 7) is 12.9. The second-order valence-corrected chi connectivity index (χ2v) is 22.0. The van der Waals surface area contributed by atoms with Crippen molar-refractivity contribution in [3.63, 3.8) is 0 Å². The van der Waals surface area contributed by atoms with Gasteiger partial charge in [0.05, 0.1) is 13.1 Å². The van der Waals surface area contributed by atoms with Gasteiger partial charge in [-0.3, -0.25) is 33.6 Å². The van der Waals surface area contributed by atoms with Gasteiger partial charge in [0.15, 0.2) is 0 Å². The lowest BCUT2D eigenvalue weighted by Gasteiger charge is -2.34. The fourth-order valence-electron chi connectivity index (χ4n) is 8.74. The zero-order chi connectivity index (χ0) is 57.3. The van der Waals surface area contributed by atoms with Crippen molar-refractivity contribution in [2.24, 2.45) is 22.3 Å². The molecule has 0 aliphatic rings. The molecular weight excluding hydrogens is 969 g/mol. The minimum Gasteiger partial charge on any atom is -0.368 e. The standard InChI is InChI=1S/C62H108N8O7/c1-7-9-11-13-15-17-19-21-23-25-27-29-31-33-35-43-55(72)65-45-39-37-41-52(69-57(74)47-61(3,4)50-62(5,6)51-63)60(77)68-49-58(75)70-53(59(76)67-48-54(64)71)42-38-40-46-66-56(73)44-36-34-32-30-28-26-24-22-20-18-16-14-12-10-8-2/h15-18,21-24,27-30,52-53H,7-14,19-20,25-26,31-51,63H2,1-6H3,(H2,64,71)(H,65,72)(H,66,73)(H,67,76)(H,68,77)(H,69,74)(H,70,75)/b17-15-,18-16-,23-21-,24-22-,29-27-,30-28-/t52-,53-/m0/s1. The van der Waals surface area contributed by atoms with Crippen LogP contribution in [0.25, 0.3) is 0 Å². The second kappa shape index (κ2) is 47.9. The molecule has 0 heterocycles. The van der Waals surface area contributed by atoms with E-state index in [1.54, 1.807) is 0 Å². The van der Waals surface area contributed by atoms with E-state index in [0.29, 0.717) is 64.6 Å². The summed E-state index contributed by atoms with van der Waals surface area (Å²) in [5.74, 6) is -2.94. The monoisotopic (exact) mass is 1080 g/mol. The van der Waals surface area contributed by atoms with Gasteiger partial charge in [-0.2, -0.15) is 0 Å². The first-order chi connectivity index (χ1) is 36.9. The molecule has 0 rings (SSSR count). The fourth-order valence-corrected chi connectivity index (χ4v) is 8.74. The van der Waals surface area contributed by atoms with Gasteiger partial charge in [-0.25, -0.2) is 0 Å². The average Bonchev–Trinajstić information content (AvgIpc) is 3.37. The van der Waals surface area contributed by atoms with Crippen LogP contribution in [0.15, 0.2) is 72.9 Å². The molecule has 0 aliphatic heterocycles. The number of allylic oxidation sites excluding steroid dienone is 12. The van der Waals surface area contributed by atoms with Crippen molar-refractivity contribution < 1.29 is 33.6 Å². The van der Waals surface area contributed by atoms with Gasteiger partial charge in [0, 0.05) is 32.4 Å². The number of carbonyl (C=O) groups is 7. The molecule has 2 atom stereocenters. The quantitative estimate of drug-likeness (QED) is 0.0215. The fraction of sp³-hybridized carbons (Fsp3) is 0.694. The van der Waals surface area contributed by atoms with Crippen molar-refractivity contribution in [3.8, 4) is 0 Å². The van der Waals surface area contributed by atoms with Gasteiger partial charge in [0.1, 0.15) is 12.1 Å². The molecule has 0 aromatic heterocycles. The number of nitrogens with two attached hydrogens (primary N) is 2. The number of nitrogens with one attached hydrogen (secondary N) is 6. The highest BCUT2D eigenvalue weighted by molar-refractivity contribution is 5.93. The van der Waals surface area contributed by atoms with Crippen molar-refractivity contribution in [1.29, 1.82) is 0 Å². The van der Waals surface area contributed by atoms with Crippen LogP contribution < -0.4 is 43.4 Å². The average molecular weight is 1080 g/mol. The predicted molar refractivity (Wildman–Crippen MR) is 317 cm³/mol. The molecule has 77 heavy (non-hydrogen) atoms. The number of rotatable bonds is 49. The normalized spacial score (nSPS) is 13.0. The Balaban J connectivity index is 5.08. The minimum atomic E-state index is -1.03. The first-order valence-electron chi connectivity index (χ1n) is 29.5. The van der Waals surface area contributed by atoms with Gasteiger partial charge in [0.25, 0.3) is 0 Å². The van der Waals surface area contributed by atoms with Crippen molar-refractivity contribution in [1.82, 2.24) is 31.9 Å². The summed E-state index contributed by atoms with van der Waals surface area (Å²) in [6, 6.07) is -1.99. The Kier molecular flexibility index (Phi) is 44.6. The molecular formula is C62H108N8O7. The largest absolute Gasteiger partial charge is 0.368 e. The van der Waals surface area contributed by atoms with Crippen LogP contribution in [0.4, 0.5) is 0 Å². The summed E-state index contributed by atoms with van der Waals surface area (Å²) in [4.78, 5) is 89.8. The molecule has 0 fully saturated rings. The molecule has 438 valence electrons. The molecule has 10 N–H and O–H groups in total. The molecule has 0 saturated carbocycles. The van der Waals surface area contributed by atoms with Gasteiger partial charge in [0.2, 0.25) is 41.4 Å². The summed E-state index contributed by atoms with van der Waals surface area (Å²) in [6.07, 6.45) is 49.4. The zero-order valence-electron chi connectivity index (χ0n) is 48.9. The summed E-state index contributed by atoms with van der Waals surface area (Å²) in [7, 11) is 0. The molecule has 0 spiro atoms. The van der Waals surface area contributed by atoms with Crippen LogP contribution in [0, 0.1) is 10.8 Å². The Bertz CT molecular complexity index is 1820. The van der Waals surface area contributed by atoms with E-state index in [-0.39, 0.29) is 42.4 Å². The maximum absolute atomic E-state index is 13.6. The molecule has 0 bridgehead atoms. The molecule has 0 saturated heterocycles. The number of hydrogen-bond donors (Lipinski definition) is 8. The van der Waals surface area contributed by atoms with Crippen LogP contribution in [-0.4, -0.2) is 86.2 Å². The zero-order valence-corrected chi connectivity index (χ0v) is 48.9. The van der Waals surface area contributed by atoms with Gasteiger partial charge in [-0.05, 0) is 152 Å². The SMILES string of the molecule is CCCCC/C=C\C/C=C\C/C=C\CCCCC(=O)NCCCC[C@H](NC(=O)CNC(=O)[C@H](CCCCNC(=O)CCCC/C=C\C/C=C\C/C=C\CCCCC)NC(=O)CC(C)(C)CC(C)(C)CN)C(=O)NCC(N)=O. The third kappa shape index (κ3) is 46.5. The molecule has 0 radical (unpaired) electrons. The molecule has 0 unspecified atom stereocenters. The Morgan fingerprint density at radius 1 is 0.429 bits per heavy atom. The molecule has 15 heteroatoms. The first-order valence-corrected chi connectivity index (χ1v) is 29.5. The van der Waals surface area contributed by atoms with Gasteiger partial charge in [-0.1, -0.05) is 140 Å². The van der Waals surface area contributed by atoms with Crippen LogP contribution in [-0.2, 0) is 33.6 Å². The lowest BCUT2D eigenvalue weighted by atomic mass is 9.73. The number of amides is 7. The van der Waals surface area contributed by atoms with Gasteiger partial charge in [-0.15, -0.1) is 0 Å². The number of hydrogen-bond acceptors (Lipinski definition) is 8. The van der Waals surface area contributed by atoms with E-state index in [1.165, 1.54) is 38.5 Å². The molecule has 0 aromatic carbocycles. The van der Waals surface area contributed by atoms with Crippen molar-refractivity contribution in [2.45, 2.75) is 233 Å². The Morgan fingerprint density at radius 2 is 0.805 bits per heavy atom. The smallest absolute Gasteiger partial charge is 0.243 e. The third-order valence-electron chi connectivity index (χ3n) is 12.9. The lowest BCUT2D eigenvalue weighted by Crippen LogP contribution is -2.53. The number of unbranched alkanes of at least 4 members (excludes halogenated alkanes) is 12. The maximum atomic E-state index is 13.6. The summed E-state index contributed by atoms with van der Waals surface area (Å²) < 4.78 is 0. The highest BCUT2D eigenvalue weighted by atomic mass is 16.2. The van der Waals surface area contributed by atoms with Crippen LogP contribution in [0.2, 0.25) is 0 Å². The number of primary amides is 1. The van der Waals surface area contributed by atoms with Crippen LogP contribution in [0.3, 0.4) is 0 Å². The Labute approximate surface area is 466 Å². The molecule has 0 aromatic rings. The number of carbonyl (C=O) groups excluding carboxylic acids is 7. The van der Waals surface area contributed by atoms with Crippen molar-refractivity contribution in [3.05, 3.63) is 72.9 Å². The van der Waals surface area contributed by atoms with Crippen molar-refractivity contribution in [2.75, 3.05) is 32.7 Å². The summed E-state index contributed by atoms with van der Waals surface area (Å²) in [5.41, 5.74) is 10.6. The highest BCUT2D eigenvalue weighted by Gasteiger charge is 2.31. The van der Waals surface area contributed by atoms with Gasteiger partial charge >= 0.3 is 0 Å². The lowest BCUT2D eigenvalue weighted by molar-refractivity contribution is -0.132. The van der Waals surface area contributed by atoms with Crippen LogP contribution >= 0.6 is 0 Å². The summed E-state index contributed by atoms with van der Waals surface area (Å²) >= 11 is 0. The van der Waals surface area contributed by atoms with E-state index in [4.69, 9.17) is 11.5 Å². The van der Waals surface area contributed by atoms with E-state index >= 15 is 0 Å². The molecule has 15 nitrogen and oxygen atoms in total. The second-order valence-electron chi connectivity index (χ2n) is 22.0. The van der Waals surface area contributed by atoms with E-state index in [2.05, 4.69) is 119 Å². The van der Waals surface area contributed by atoms with Gasteiger partial charge < -0.3 is 43.4 Å². The van der Waals surface area contributed by atoms with Crippen molar-refractivity contribution >= 4 is 41.4 Å². The molecule has 0 aliphatic carbocycles. The topological polar surface area (TPSA) is 244 Å². The van der Waals surface area contributed by atoms with E-state index in [0.717, 1.165) is 77.0 Å². The highest BCUT2D eigenvalue weighted by Crippen LogP contribution is 2.35. The van der Waals surface area contributed by atoms with E-state index < -0.39 is 54.2 Å². The predicted octanol–water partition coefficient (Wildman–Crippen LogP) is 10.2. The Hall–Kier alpha value is -5.31. The maximum Gasteiger partial charge on any atom is 0.243 e. The Morgan fingerprint density at radius 3 is 1.19 bits per heavy atom. The van der Waals surface area contributed by atoms with Crippen LogP contribution in [0.5, 0.6) is 0 Å². The molecule has 7 amide bonds. The summed E-state index contributed by atoms with van der Waals surface area (Å²) in [5, 5.41) is 16.5. The van der Waals surface area contributed by atoms with Crippen LogP contribution in [0.1, 0.15) is 221 Å². The van der Waals surface area contributed by atoms with E-state index in [9.17, 15) is 33.6 Å².